The zero-order chi connectivity index (χ0) is 11.7. The summed E-state index contributed by atoms with van der Waals surface area (Å²) >= 11 is 5.83. The molecule has 88 valence electrons. The second-order valence-electron chi connectivity index (χ2n) is 4.71. The molecule has 1 nitrogen and oxygen atoms in total. The van der Waals surface area contributed by atoms with Gasteiger partial charge in [-0.3, -0.25) is 0 Å². The van der Waals surface area contributed by atoms with Crippen molar-refractivity contribution in [2.75, 3.05) is 11.4 Å². The van der Waals surface area contributed by atoms with Crippen LogP contribution in [0.2, 0.25) is 0 Å². The summed E-state index contributed by atoms with van der Waals surface area (Å²) in [6, 6.07) is 5.68. The van der Waals surface area contributed by atoms with E-state index < -0.39 is 0 Å². The fourth-order valence-corrected chi connectivity index (χ4v) is 2.85. The molecule has 2 atom stereocenters. The first-order valence-corrected chi connectivity index (χ1v) is 6.27. The number of alkyl halides is 1. The third-order valence-corrected chi connectivity index (χ3v) is 3.59. The highest BCUT2D eigenvalue weighted by Crippen LogP contribution is 2.32. The zero-order valence-corrected chi connectivity index (χ0v) is 10.5. The molecule has 0 bridgehead atoms. The van der Waals surface area contributed by atoms with Gasteiger partial charge in [-0.15, -0.1) is 11.6 Å². The van der Waals surface area contributed by atoms with Gasteiger partial charge in [-0.1, -0.05) is 13.0 Å². The van der Waals surface area contributed by atoms with E-state index in [1.807, 2.05) is 6.07 Å². The van der Waals surface area contributed by atoms with E-state index in [4.69, 9.17) is 11.6 Å². The number of benzene rings is 1. The summed E-state index contributed by atoms with van der Waals surface area (Å²) in [5.74, 6) is 0.709. The van der Waals surface area contributed by atoms with Gasteiger partial charge in [-0.25, -0.2) is 4.39 Å². The topological polar surface area (TPSA) is 3.24 Å². The molecule has 1 saturated heterocycles. The van der Waals surface area contributed by atoms with Gasteiger partial charge in [-0.05, 0) is 31.4 Å². The molecular weight excluding hydrogens is 225 g/mol. The summed E-state index contributed by atoms with van der Waals surface area (Å²) in [5, 5.41) is 0. The average Bonchev–Trinajstić information content (AvgIpc) is 2.57. The Labute approximate surface area is 101 Å². The largest absolute Gasteiger partial charge is 0.368 e. The number of hydrogen-bond acceptors (Lipinski definition) is 1. The third kappa shape index (κ3) is 2.03. The van der Waals surface area contributed by atoms with Crippen LogP contribution in [-0.4, -0.2) is 12.6 Å². The Hall–Kier alpha value is -0.760. The van der Waals surface area contributed by atoms with Gasteiger partial charge < -0.3 is 4.90 Å². The molecule has 0 aliphatic carbocycles. The molecular formula is C13H17ClFN. The fourth-order valence-electron chi connectivity index (χ4n) is 2.58. The van der Waals surface area contributed by atoms with E-state index in [-0.39, 0.29) is 11.7 Å². The summed E-state index contributed by atoms with van der Waals surface area (Å²) in [5.41, 5.74) is 1.59. The zero-order valence-electron chi connectivity index (χ0n) is 9.71. The van der Waals surface area contributed by atoms with Crippen LogP contribution >= 0.6 is 11.6 Å². The highest BCUT2D eigenvalue weighted by molar-refractivity contribution is 6.17. The number of anilines is 1. The highest BCUT2D eigenvalue weighted by Gasteiger charge is 2.28. The maximum atomic E-state index is 13.6. The van der Waals surface area contributed by atoms with Crippen molar-refractivity contribution in [2.45, 2.75) is 32.2 Å². The van der Waals surface area contributed by atoms with Gasteiger partial charge in [0.25, 0.3) is 0 Å². The predicted octanol–water partition coefficient (Wildman–Crippen LogP) is 3.80. The van der Waals surface area contributed by atoms with Crippen LogP contribution in [0.4, 0.5) is 10.1 Å². The van der Waals surface area contributed by atoms with E-state index in [2.05, 4.69) is 18.7 Å². The second-order valence-corrected chi connectivity index (χ2v) is 4.98. The lowest BCUT2D eigenvalue weighted by Gasteiger charge is -2.26. The third-order valence-electron chi connectivity index (χ3n) is 3.32. The summed E-state index contributed by atoms with van der Waals surface area (Å²) < 4.78 is 13.6. The molecule has 1 aromatic rings. The fraction of sp³-hybridized carbons (Fsp3) is 0.538. The van der Waals surface area contributed by atoms with Crippen molar-refractivity contribution >= 4 is 17.3 Å². The smallest absolute Gasteiger partial charge is 0.129 e. The normalized spacial score (nSPS) is 25.1. The van der Waals surface area contributed by atoms with Gasteiger partial charge in [0.2, 0.25) is 0 Å². The molecule has 1 fully saturated rings. The van der Waals surface area contributed by atoms with Crippen LogP contribution in [0.1, 0.15) is 25.8 Å². The van der Waals surface area contributed by atoms with Crippen LogP contribution in [0, 0.1) is 11.7 Å². The van der Waals surface area contributed by atoms with Crippen molar-refractivity contribution in [1.29, 1.82) is 0 Å². The first kappa shape index (κ1) is 11.7. The SMILES string of the molecule is CC1CC(C)N(c2cccc(F)c2CCl)C1. The average molecular weight is 242 g/mol. The summed E-state index contributed by atoms with van der Waals surface area (Å²) in [6.45, 7) is 5.41. The number of rotatable bonds is 2. The minimum atomic E-state index is -0.195. The van der Waals surface area contributed by atoms with Gasteiger partial charge >= 0.3 is 0 Å². The van der Waals surface area contributed by atoms with E-state index in [0.717, 1.165) is 18.7 Å². The lowest BCUT2D eigenvalue weighted by molar-refractivity contribution is 0.614. The van der Waals surface area contributed by atoms with Crippen molar-refractivity contribution in [3.05, 3.63) is 29.6 Å². The van der Waals surface area contributed by atoms with Crippen molar-refractivity contribution in [3.63, 3.8) is 0 Å². The molecule has 16 heavy (non-hydrogen) atoms. The van der Waals surface area contributed by atoms with Crippen LogP contribution < -0.4 is 4.90 Å². The quantitative estimate of drug-likeness (QED) is 0.712. The van der Waals surface area contributed by atoms with Crippen molar-refractivity contribution in [3.8, 4) is 0 Å². The predicted molar refractivity (Wildman–Crippen MR) is 66.5 cm³/mol. The molecule has 0 saturated carbocycles. The molecule has 1 aromatic carbocycles. The van der Waals surface area contributed by atoms with Crippen LogP contribution in [0.15, 0.2) is 18.2 Å². The van der Waals surface area contributed by atoms with Gasteiger partial charge in [0.05, 0.1) is 5.88 Å². The van der Waals surface area contributed by atoms with E-state index in [9.17, 15) is 4.39 Å². The van der Waals surface area contributed by atoms with Crippen molar-refractivity contribution in [2.24, 2.45) is 5.92 Å². The van der Waals surface area contributed by atoms with Crippen LogP contribution in [0.3, 0.4) is 0 Å². The molecule has 0 aromatic heterocycles. The lowest BCUT2D eigenvalue weighted by Crippen LogP contribution is -2.27. The Kier molecular flexibility index (Phi) is 3.38. The number of nitrogens with zero attached hydrogens (tertiary/aromatic N) is 1. The van der Waals surface area contributed by atoms with Crippen molar-refractivity contribution < 1.29 is 4.39 Å². The van der Waals surface area contributed by atoms with E-state index in [1.165, 1.54) is 6.07 Å². The molecule has 1 heterocycles. The van der Waals surface area contributed by atoms with E-state index in [0.29, 0.717) is 17.5 Å². The summed E-state index contributed by atoms with van der Waals surface area (Å²) in [4.78, 5) is 2.27. The second kappa shape index (κ2) is 4.62. The van der Waals surface area contributed by atoms with Crippen LogP contribution in [0.5, 0.6) is 0 Å². The Morgan fingerprint density at radius 1 is 1.44 bits per heavy atom. The van der Waals surface area contributed by atoms with Crippen LogP contribution in [0.25, 0.3) is 0 Å². The molecule has 0 N–H and O–H groups in total. The minimum Gasteiger partial charge on any atom is -0.368 e. The molecule has 2 unspecified atom stereocenters. The van der Waals surface area contributed by atoms with Crippen LogP contribution in [-0.2, 0) is 5.88 Å². The Morgan fingerprint density at radius 3 is 2.75 bits per heavy atom. The molecule has 1 aliphatic heterocycles. The molecule has 3 heteroatoms. The molecule has 2 rings (SSSR count). The van der Waals surface area contributed by atoms with Gasteiger partial charge in [0.15, 0.2) is 0 Å². The Balaban J connectivity index is 2.36. The Morgan fingerprint density at radius 2 is 2.19 bits per heavy atom. The highest BCUT2D eigenvalue weighted by atomic mass is 35.5. The minimum absolute atomic E-state index is 0.195. The monoisotopic (exact) mass is 241 g/mol. The van der Waals surface area contributed by atoms with Gasteiger partial charge in [-0.2, -0.15) is 0 Å². The standard InChI is InChI=1S/C13H17ClFN/c1-9-6-10(2)16(8-9)13-5-3-4-12(15)11(13)7-14/h3-5,9-10H,6-8H2,1-2H3. The number of hydrogen-bond donors (Lipinski definition) is 0. The Bertz CT molecular complexity index is 380. The van der Waals surface area contributed by atoms with E-state index >= 15 is 0 Å². The van der Waals surface area contributed by atoms with Crippen molar-refractivity contribution in [1.82, 2.24) is 0 Å². The maximum Gasteiger partial charge on any atom is 0.129 e. The first-order chi connectivity index (χ1) is 7.63. The summed E-state index contributed by atoms with van der Waals surface area (Å²) in [7, 11) is 0. The summed E-state index contributed by atoms with van der Waals surface area (Å²) in [6.07, 6.45) is 1.16. The maximum absolute atomic E-state index is 13.6. The molecule has 0 amide bonds. The molecule has 1 aliphatic rings. The lowest BCUT2D eigenvalue weighted by atomic mass is 10.1. The molecule has 0 radical (unpaired) electrons. The molecule has 0 spiro atoms. The number of halogens is 2. The van der Waals surface area contributed by atoms with Gasteiger partial charge in [0, 0.05) is 23.8 Å². The van der Waals surface area contributed by atoms with Gasteiger partial charge in [0.1, 0.15) is 5.82 Å². The first-order valence-electron chi connectivity index (χ1n) is 5.73. The van der Waals surface area contributed by atoms with E-state index in [1.54, 1.807) is 6.07 Å².